The van der Waals surface area contributed by atoms with Gasteiger partial charge in [-0.25, -0.2) is 15.4 Å². The third kappa shape index (κ3) is 3.49. The summed E-state index contributed by atoms with van der Waals surface area (Å²) < 4.78 is 0. The monoisotopic (exact) mass is 195 g/mol. The van der Waals surface area contributed by atoms with E-state index in [1.807, 2.05) is 13.8 Å². The van der Waals surface area contributed by atoms with E-state index in [0.717, 1.165) is 0 Å². The Morgan fingerprint density at radius 3 is 2.71 bits per heavy atom. The number of nitrogens with zero attached hydrogens (tertiary/aromatic N) is 2. The molecular weight excluding hydrogens is 182 g/mol. The average molecular weight is 195 g/mol. The molecule has 0 aliphatic heterocycles. The van der Waals surface area contributed by atoms with E-state index in [1.54, 1.807) is 6.07 Å². The predicted octanol–water partition coefficient (Wildman–Crippen LogP) is 0.794. The summed E-state index contributed by atoms with van der Waals surface area (Å²) in [4.78, 5) is 23.7. The van der Waals surface area contributed by atoms with E-state index in [9.17, 15) is 4.79 Å². The van der Waals surface area contributed by atoms with Gasteiger partial charge in [0.2, 0.25) is 5.82 Å². The summed E-state index contributed by atoms with van der Waals surface area (Å²) in [6, 6.07) is 1.64. The minimum absolute atomic E-state index is 0.108. The lowest BCUT2D eigenvalue weighted by atomic mass is 10.2. The number of hydrogen-bond donors (Lipinski definition) is 1. The first-order chi connectivity index (χ1) is 6.70. The van der Waals surface area contributed by atoms with E-state index in [1.165, 1.54) is 12.4 Å². The number of hydrogen-bond acceptors (Lipinski definition) is 4. The highest BCUT2D eigenvalue weighted by atomic mass is 16.7. The number of hydroxylamine groups is 1. The van der Waals surface area contributed by atoms with Crippen molar-refractivity contribution in [2.45, 2.75) is 13.8 Å². The van der Waals surface area contributed by atoms with Gasteiger partial charge in [0.05, 0.1) is 6.61 Å². The highest BCUT2D eigenvalue weighted by Crippen LogP contribution is 1.91. The molecule has 5 nitrogen and oxygen atoms in total. The largest absolute Gasteiger partial charge is 0.312 e. The van der Waals surface area contributed by atoms with Gasteiger partial charge < -0.3 is 0 Å². The van der Waals surface area contributed by atoms with Crippen LogP contribution in [0.3, 0.4) is 0 Å². The average Bonchev–Trinajstić information content (AvgIpc) is 2.18. The Kier molecular flexibility index (Phi) is 4.00. The molecule has 1 aromatic heterocycles. The van der Waals surface area contributed by atoms with Crippen LogP contribution in [-0.4, -0.2) is 22.5 Å². The van der Waals surface area contributed by atoms with Gasteiger partial charge in [0.1, 0.15) is 0 Å². The van der Waals surface area contributed by atoms with Gasteiger partial charge in [0.25, 0.3) is 0 Å². The summed E-state index contributed by atoms with van der Waals surface area (Å²) in [6.07, 6.45) is 3.01. The quantitative estimate of drug-likeness (QED) is 0.721. The maximum Gasteiger partial charge on any atom is 0.312 e. The van der Waals surface area contributed by atoms with Gasteiger partial charge in [0, 0.05) is 12.4 Å². The summed E-state index contributed by atoms with van der Waals surface area (Å²) in [6.45, 7) is 4.45. The van der Waals surface area contributed by atoms with E-state index in [0.29, 0.717) is 12.5 Å². The fraction of sp³-hybridized carbons (Fsp3) is 0.444. The molecule has 0 saturated heterocycles. The maximum absolute atomic E-state index is 11.3. The van der Waals surface area contributed by atoms with E-state index in [-0.39, 0.29) is 5.82 Å². The van der Waals surface area contributed by atoms with Crippen LogP contribution in [0.4, 0.5) is 0 Å². The van der Waals surface area contributed by atoms with Crippen LogP contribution in [0.5, 0.6) is 0 Å². The molecule has 0 radical (unpaired) electrons. The second-order valence-electron chi connectivity index (χ2n) is 3.21. The summed E-state index contributed by atoms with van der Waals surface area (Å²) in [5, 5.41) is 0. The van der Waals surface area contributed by atoms with Crippen LogP contribution in [0.25, 0.3) is 0 Å². The Morgan fingerprint density at radius 1 is 1.50 bits per heavy atom. The molecule has 0 saturated carbocycles. The summed E-state index contributed by atoms with van der Waals surface area (Å²) in [5.74, 6) is 0.0505. The fourth-order valence-corrected chi connectivity index (χ4v) is 0.736. The molecule has 0 bridgehead atoms. The summed E-state index contributed by atoms with van der Waals surface area (Å²) >= 11 is 0. The van der Waals surface area contributed by atoms with E-state index >= 15 is 0 Å². The number of rotatable bonds is 4. The highest BCUT2D eigenvalue weighted by Gasteiger charge is 2.07. The second-order valence-corrected chi connectivity index (χ2v) is 3.21. The zero-order valence-corrected chi connectivity index (χ0v) is 8.23. The molecule has 1 amide bonds. The van der Waals surface area contributed by atoms with Crippen LogP contribution in [0.1, 0.15) is 24.5 Å². The van der Waals surface area contributed by atoms with Crippen molar-refractivity contribution in [1.29, 1.82) is 0 Å². The predicted molar refractivity (Wildman–Crippen MR) is 50.3 cm³/mol. The molecule has 0 aromatic carbocycles. The molecule has 1 N–H and O–H groups in total. The number of carbonyl (C=O) groups is 1. The number of aromatic nitrogens is 2. The topological polar surface area (TPSA) is 64.1 Å². The Morgan fingerprint density at radius 2 is 2.14 bits per heavy atom. The smallest absolute Gasteiger partial charge is 0.273 e. The van der Waals surface area contributed by atoms with Gasteiger partial charge in [-0.15, -0.1) is 0 Å². The Balaban J connectivity index is 2.36. The van der Waals surface area contributed by atoms with Crippen LogP contribution in [-0.2, 0) is 4.84 Å². The van der Waals surface area contributed by atoms with Crippen molar-refractivity contribution in [2.75, 3.05) is 6.61 Å². The molecule has 0 spiro atoms. The van der Waals surface area contributed by atoms with Gasteiger partial charge in [-0.3, -0.25) is 9.63 Å². The first-order valence-corrected chi connectivity index (χ1v) is 4.39. The van der Waals surface area contributed by atoms with Crippen LogP contribution in [0.2, 0.25) is 0 Å². The molecule has 1 rings (SSSR count). The minimum atomic E-state index is -0.425. The first kappa shape index (κ1) is 10.6. The lowest BCUT2D eigenvalue weighted by Gasteiger charge is -2.06. The van der Waals surface area contributed by atoms with Gasteiger partial charge in [-0.1, -0.05) is 13.8 Å². The summed E-state index contributed by atoms with van der Waals surface area (Å²) in [5.41, 5.74) is 2.27. The SMILES string of the molecule is CC(C)CONC(=O)c1ncccn1. The van der Waals surface area contributed by atoms with Crippen molar-refractivity contribution in [2.24, 2.45) is 5.92 Å². The number of amides is 1. The molecule has 5 heteroatoms. The molecular formula is C9H13N3O2. The third-order valence-corrected chi connectivity index (χ3v) is 1.35. The van der Waals surface area contributed by atoms with E-state index in [2.05, 4.69) is 15.4 Å². The van der Waals surface area contributed by atoms with Crippen molar-refractivity contribution in [3.05, 3.63) is 24.3 Å². The van der Waals surface area contributed by atoms with E-state index < -0.39 is 5.91 Å². The van der Waals surface area contributed by atoms with Crippen molar-refractivity contribution in [1.82, 2.24) is 15.4 Å². The van der Waals surface area contributed by atoms with Crippen molar-refractivity contribution >= 4 is 5.91 Å². The lowest BCUT2D eigenvalue weighted by molar-refractivity contribution is 0.0200. The summed E-state index contributed by atoms with van der Waals surface area (Å²) in [7, 11) is 0. The van der Waals surface area contributed by atoms with Crippen LogP contribution in [0.15, 0.2) is 18.5 Å². The Hall–Kier alpha value is -1.49. The van der Waals surface area contributed by atoms with Crippen LogP contribution in [0, 0.1) is 5.92 Å². The third-order valence-electron chi connectivity index (χ3n) is 1.35. The molecule has 0 atom stereocenters. The molecule has 1 aromatic rings. The molecule has 0 unspecified atom stereocenters. The molecule has 1 heterocycles. The van der Waals surface area contributed by atoms with Crippen molar-refractivity contribution < 1.29 is 9.63 Å². The standard InChI is InChI=1S/C9H13N3O2/c1-7(2)6-14-12-9(13)8-10-4-3-5-11-8/h3-5,7H,6H2,1-2H3,(H,12,13). The van der Waals surface area contributed by atoms with Gasteiger partial charge >= 0.3 is 5.91 Å². The molecule has 14 heavy (non-hydrogen) atoms. The van der Waals surface area contributed by atoms with Gasteiger partial charge in [-0.05, 0) is 12.0 Å². The highest BCUT2D eigenvalue weighted by molar-refractivity contribution is 5.89. The molecule has 76 valence electrons. The van der Waals surface area contributed by atoms with Crippen molar-refractivity contribution in [3.63, 3.8) is 0 Å². The van der Waals surface area contributed by atoms with Crippen LogP contribution >= 0.6 is 0 Å². The first-order valence-electron chi connectivity index (χ1n) is 4.39. The number of carbonyl (C=O) groups excluding carboxylic acids is 1. The molecule has 0 aliphatic carbocycles. The molecule has 0 fully saturated rings. The maximum atomic E-state index is 11.3. The second kappa shape index (κ2) is 5.29. The normalized spacial score (nSPS) is 10.2. The Bertz CT molecular complexity index is 287. The fourth-order valence-electron chi connectivity index (χ4n) is 0.736. The lowest BCUT2D eigenvalue weighted by Crippen LogP contribution is -2.27. The van der Waals surface area contributed by atoms with Crippen LogP contribution < -0.4 is 5.48 Å². The zero-order valence-electron chi connectivity index (χ0n) is 8.23. The molecule has 0 aliphatic rings. The van der Waals surface area contributed by atoms with E-state index in [4.69, 9.17) is 4.84 Å². The van der Waals surface area contributed by atoms with Crippen molar-refractivity contribution in [3.8, 4) is 0 Å². The van der Waals surface area contributed by atoms with Gasteiger partial charge in [-0.2, -0.15) is 0 Å². The Labute approximate surface area is 82.5 Å². The minimum Gasteiger partial charge on any atom is -0.273 e. The van der Waals surface area contributed by atoms with Gasteiger partial charge in [0.15, 0.2) is 0 Å². The number of nitrogens with one attached hydrogen (secondary N) is 1. The zero-order chi connectivity index (χ0) is 10.4.